The van der Waals surface area contributed by atoms with E-state index in [0.29, 0.717) is 25.5 Å². The highest BCUT2D eigenvalue weighted by Crippen LogP contribution is 2.17. The SMILES string of the molecule is CC(C)Oc1ncccc1CNC(=O)N1CCN(c2ccccc2)CC1. The summed E-state index contributed by atoms with van der Waals surface area (Å²) in [5.74, 6) is 0.580. The molecule has 2 heterocycles. The Morgan fingerprint density at radius 1 is 1.12 bits per heavy atom. The third-order valence-electron chi connectivity index (χ3n) is 4.32. The van der Waals surface area contributed by atoms with Gasteiger partial charge in [-0.25, -0.2) is 9.78 Å². The number of hydrogen-bond donors (Lipinski definition) is 1. The number of carbonyl (C=O) groups excluding carboxylic acids is 1. The van der Waals surface area contributed by atoms with E-state index in [1.165, 1.54) is 5.69 Å². The van der Waals surface area contributed by atoms with Crippen LogP contribution in [0.15, 0.2) is 48.7 Å². The summed E-state index contributed by atoms with van der Waals surface area (Å²) in [6.07, 6.45) is 1.75. The van der Waals surface area contributed by atoms with E-state index >= 15 is 0 Å². The van der Waals surface area contributed by atoms with E-state index in [2.05, 4.69) is 27.3 Å². The molecule has 26 heavy (non-hydrogen) atoms. The van der Waals surface area contributed by atoms with Crippen LogP contribution < -0.4 is 15.0 Å². The Morgan fingerprint density at radius 2 is 1.85 bits per heavy atom. The smallest absolute Gasteiger partial charge is 0.317 e. The lowest BCUT2D eigenvalue weighted by molar-refractivity contribution is 0.193. The largest absolute Gasteiger partial charge is 0.475 e. The van der Waals surface area contributed by atoms with Gasteiger partial charge in [0.25, 0.3) is 0 Å². The van der Waals surface area contributed by atoms with Crippen molar-refractivity contribution in [1.82, 2.24) is 15.2 Å². The molecule has 1 fully saturated rings. The molecule has 1 N–H and O–H groups in total. The second kappa shape index (κ2) is 8.56. The molecule has 6 nitrogen and oxygen atoms in total. The number of hydrogen-bond acceptors (Lipinski definition) is 4. The van der Waals surface area contributed by atoms with Gasteiger partial charge in [0.15, 0.2) is 0 Å². The number of urea groups is 1. The van der Waals surface area contributed by atoms with E-state index in [1.807, 2.05) is 49.1 Å². The second-order valence-electron chi connectivity index (χ2n) is 6.60. The fourth-order valence-electron chi connectivity index (χ4n) is 2.98. The van der Waals surface area contributed by atoms with E-state index in [4.69, 9.17) is 4.74 Å². The molecule has 138 valence electrons. The Labute approximate surface area is 154 Å². The number of aromatic nitrogens is 1. The Kier molecular flexibility index (Phi) is 5.94. The maximum Gasteiger partial charge on any atom is 0.317 e. The first-order valence-corrected chi connectivity index (χ1v) is 9.07. The standard InChI is InChI=1S/C20H26N4O2/c1-16(2)26-19-17(7-6-10-21-19)15-22-20(25)24-13-11-23(12-14-24)18-8-4-3-5-9-18/h3-10,16H,11-15H2,1-2H3,(H,22,25). The van der Waals surface area contributed by atoms with Gasteiger partial charge >= 0.3 is 6.03 Å². The van der Waals surface area contributed by atoms with Crippen LogP contribution in [0.3, 0.4) is 0 Å². The number of ether oxygens (including phenoxy) is 1. The predicted molar refractivity (Wildman–Crippen MR) is 102 cm³/mol. The summed E-state index contributed by atoms with van der Waals surface area (Å²) in [5, 5.41) is 2.99. The molecule has 1 aliphatic heterocycles. The molecule has 2 aromatic rings. The number of carbonyl (C=O) groups is 1. The lowest BCUT2D eigenvalue weighted by atomic mass is 10.2. The van der Waals surface area contributed by atoms with Crippen molar-refractivity contribution in [2.75, 3.05) is 31.1 Å². The molecule has 6 heteroatoms. The van der Waals surface area contributed by atoms with Crippen molar-refractivity contribution in [3.05, 3.63) is 54.2 Å². The third kappa shape index (κ3) is 4.65. The van der Waals surface area contributed by atoms with E-state index in [9.17, 15) is 4.79 Å². The van der Waals surface area contributed by atoms with Crippen molar-refractivity contribution in [3.8, 4) is 5.88 Å². The highest BCUT2D eigenvalue weighted by Gasteiger charge is 2.21. The van der Waals surface area contributed by atoms with Gasteiger partial charge in [-0.15, -0.1) is 0 Å². The summed E-state index contributed by atoms with van der Waals surface area (Å²) in [5.41, 5.74) is 2.09. The third-order valence-corrected chi connectivity index (χ3v) is 4.32. The zero-order chi connectivity index (χ0) is 18.4. The van der Waals surface area contributed by atoms with Gasteiger partial charge < -0.3 is 19.9 Å². The van der Waals surface area contributed by atoms with Crippen molar-refractivity contribution in [3.63, 3.8) is 0 Å². The van der Waals surface area contributed by atoms with Gasteiger partial charge in [-0.2, -0.15) is 0 Å². The molecule has 1 aromatic heterocycles. The lowest BCUT2D eigenvalue weighted by Crippen LogP contribution is -2.51. The maximum atomic E-state index is 12.5. The molecule has 0 spiro atoms. The Hall–Kier alpha value is -2.76. The van der Waals surface area contributed by atoms with Crippen LogP contribution in [-0.4, -0.2) is 48.2 Å². The summed E-state index contributed by atoms with van der Waals surface area (Å²) >= 11 is 0. The molecule has 0 radical (unpaired) electrons. The number of nitrogens with one attached hydrogen (secondary N) is 1. The van der Waals surface area contributed by atoms with Crippen molar-refractivity contribution in [2.45, 2.75) is 26.5 Å². The van der Waals surface area contributed by atoms with Crippen molar-refractivity contribution in [1.29, 1.82) is 0 Å². The van der Waals surface area contributed by atoms with E-state index in [0.717, 1.165) is 18.7 Å². The first-order valence-electron chi connectivity index (χ1n) is 9.07. The molecule has 1 aliphatic rings. The van der Waals surface area contributed by atoms with Gasteiger partial charge in [-0.3, -0.25) is 0 Å². The molecule has 1 aromatic carbocycles. The Bertz CT molecular complexity index is 713. The topological polar surface area (TPSA) is 57.7 Å². The minimum Gasteiger partial charge on any atom is -0.475 e. The maximum absolute atomic E-state index is 12.5. The summed E-state index contributed by atoms with van der Waals surface area (Å²) in [7, 11) is 0. The van der Waals surface area contributed by atoms with Crippen LogP contribution in [0.5, 0.6) is 5.88 Å². The zero-order valence-electron chi connectivity index (χ0n) is 15.4. The molecule has 0 unspecified atom stereocenters. The van der Waals surface area contributed by atoms with Crippen LogP contribution in [0.4, 0.5) is 10.5 Å². The van der Waals surface area contributed by atoms with Crippen LogP contribution in [0.2, 0.25) is 0 Å². The molecule has 0 atom stereocenters. The summed E-state index contributed by atoms with van der Waals surface area (Å²) in [6.45, 7) is 7.43. The van der Waals surface area contributed by atoms with Gasteiger partial charge in [0, 0.05) is 50.2 Å². The lowest BCUT2D eigenvalue weighted by Gasteiger charge is -2.36. The number of benzene rings is 1. The molecule has 0 aliphatic carbocycles. The molecule has 3 rings (SSSR count). The minimum atomic E-state index is -0.0444. The summed E-state index contributed by atoms with van der Waals surface area (Å²) in [4.78, 5) is 20.9. The normalized spacial score (nSPS) is 14.4. The van der Waals surface area contributed by atoms with Gasteiger partial charge in [-0.1, -0.05) is 24.3 Å². The monoisotopic (exact) mass is 354 g/mol. The van der Waals surface area contributed by atoms with Gasteiger partial charge in [0.05, 0.1) is 6.10 Å². The zero-order valence-corrected chi connectivity index (χ0v) is 15.4. The number of para-hydroxylation sites is 1. The first kappa shape index (κ1) is 18.0. The second-order valence-corrected chi connectivity index (χ2v) is 6.60. The van der Waals surface area contributed by atoms with Crippen molar-refractivity contribution < 1.29 is 9.53 Å². The van der Waals surface area contributed by atoms with Gasteiger partial charge in [-0.05, 0) is 32.0 Å². The van der Waals surface area contributed by atoms with Gasteiger partial charge in [0.1, 0.15) is 0 Å². The minimum absolute atomic E-state index is 0.0444. The fraction of sp³-hybridized carbons (Fsp3) is 0.400. The highest BCUT2D eigenvalue weighted by molar-refractivity contribution is 5.74. The van der Waals surface area contributed by atoms with Crippen molar-refractivity contribution >= 4 is 11.7 Å². The van der Waals surface area contributed by atoms with E-state index in [1.54, 1.807) is 6.20 Å². The quantitative estimate of drug-likeness (QED) is 0.897. The average Bonchev–Trinajstić information content (AvgIpc) is 2.67. The highest BCUT2D eigenvalue weighted by atomic mass is 16.5. The van der Waals surface area contributed by atoms with Gasteiger partial charge in [0.2, 0.25) is 5.88 Å². The van der Waals surface area contributed by atoms with Crippen LogP contribution in [0, 0.1) is 0 Å². The molecule has 1 saturated heterocycles. The van der Waals surface area contributed by atoms with Crippen LogP contribution in [0.25, 0.3) is 0 Å². The van der Waals surface area contributed by atoms with E-state index in [-0.39, 0.29) is 12.1 Å². The van der Waals surface area contributed by atoms with Crippen LogP contribution >= 0.6 is 0 Å². The number of amides is 2. The summed E-state index contributed by atoms with van der Waals surface area (Å²) in [6, 6.07) is 14.0. The Balaban J connectivity index is 1.51. The first-order chi connectivity index (χ1) is 12.6. The summed E-state index contributed by atoms with van der Waals surface area (Å²) < 4.78 is 5.70. The molecule has 2 amide bonds. The molecular formula is C20H26N4O2. The number of pyridine rings is 1. The number of rotatable bonds is 5. The predicted octanol–water partition coefficient (Wildman–Crippen LogP) is 2.90. The van der Waals surface area contributed by atoms with Crippen LogP contribution in [-0.2, 0) is 6.54 Å². The van der Waals surface area contributed by atoms with Crippen LogP contribution in [0.1, 0.15) is 19.4 Å². The Morgan fingerprint density at radius 3 is 2.54 bits per heavy atom. The number of nitrogens with zero attached hydrogens (tertiary/aromatic N) is 3. The molecule has 0 bridgehead atoms. The number of piperazine rings is 1. The number of anilines is 1. The van der Waals surface area contributed by atoms with E-state index < -0.39 is 0 Å². The van der Waals surface area contributed by atoms with Crippen molar-refractivity contribution in [2.24, 2.45) is 0 Å². The molecule has 0 saturated carbocycles. The molecular weight excluding hydrogens is 328 g/mol. The average molecular weight is 354 g/mol. The fourth-order valence-corrected chi connectivity index (χ4v) is 2.98.